The van der Waals surface area contributed by atoms with E-state index in [1.165, 1.54) is 40.7 Å². The van der Waals surface area contributed by atoms with Crippen LogP contribution in [0.25, 0.3) is 0 Å². The summed E-state index contributed by atoms with van der Waals surface area (Å²) in [4.78, 5) is 0.0121. The number of rotatable bonds is 5. The standard InChI is InChI=1S/C20H17ClFNO2S/c1-15-6-8-16(9-7-15)14-23(18-12-10-17(22)11-13-18)26(24,25)20-5-3-2-4-19(20)21/h2-13H,14H2,1H3. The van der Waals surface area contributed by atoms with Gasteiger partial charge in [-0.15, -0.1) is 0 Å². The van der Waals surface area contributed by atoms with Crippen molar-refractivity contribution in [2.24, 2.45) is 0 Å². The molecule has 0 N–H and O–H groups in total. The van der Waals surface area contributed by atoms with Gasteiger partial charge >= 0.3 is 0 Å². The van der Waals surface area contributed by atoms with E-state index in [2.05, 4.69) is 0 Å². The van der Waals surface area contributed by atoms with Gasteiger partial charge in [-0.05, 0) is 48.9 Å². The molecule has 0 amide bonds. The Balaban J connectivity index is 2.09. The monoisotopic (exact) mass is 389 g/mol. The maximum atomic E-state index is 13.3. The zero-order chi connectivity index (χ0) is 18.7. The molecule has 3 aromatic rings. The lowest BCUT2D eigenvalue weighted by Crippen LogP contribution is -2.30. The van der Waals surface area contributed by atoms with Crippen LogP contribution in [0.1, 0.15) is 11.1 Å². The molecule has 0 fully saturated rings. The van der Waals surface area contributed by atoms with Gasteiger partial charge in [-0.2, -0.15) is 0 Å². The number of halogens is 2. The normalized spacial score (nSPS) is 11.3. The van der Waals surface area contributed by atoms with E-state index in [4.69, 9.17) is 11.6 Å². The third kappa shape index (κ3) is 3.89. The Hall–Kier alpha value is -2.37. The Morgan fingerprint density at radius 1 is 0.923 bits per heavy atom. The Morgan fingerprint density at radius 2 is 1.54 bits per heavy atom. The summed E-state index contributed by atoms with van der Waals surface area (Å²) in [5, 5.41) is 0.142. The molecule has 0 aliphatic heterocycles. The fourth-order valence-corrected chi connectivity index (χ4v) is 4.50. The van der Waals surface area contributed by atoms with Crippen molar-refractivity contribution in [3.63, 3.8) is 0 Å². The molecule has 0 atom stereocenters. The number of anilines is 1. The van der Waals surface area contributed by atoms with Crippen molar-refractivity contribution in [3.05, 3.63) is 94.8 Å². The lowest BCUT2D eigenvalue weighted by molar-refractivity contribution is 0.590. The molecule has 0 heterocycles. The third-order valence-electron chi connectivity index (χ3n) is 3.97. The van der Waals surface area contributed by atoms with Gasteiger partial charge in [0.2, 0.25) is 0 Å². The minimum atomic E-state index is -3.93. The molecule has 0 saturated carbocycles. The molecule has 3 aromatic carbocycles. The van der Waals surface area contributed by atoms with Crippen LogP contribution in [0.4, 0.5) is 10.1 Å². The summed E-state index contributed by atoms with van der Waals surface area (Å²) in [5.41, 5.74) is 2.26. The number of hydrogen-bond acceptors (Lipinski definition) is 2. The molecule has 26 heavy (non-hydrogen) atoms. The average Bonchev–Trinajstić information content (AvgIpc) is 2.62. The molecule has 0 bridgehead atoms. The van der Waals surface area contributed by atoms with E-state index in [9.17, 15) is 12.8 Å². The van der Waals surface area contributed by atoms with Gasteiger partial charge in [0.15, 0.2) is 0 Å². The summed E-state index contributed by atoms with van der Waals surface area (Å²) in [6.07, 6.45) is 0. The number of nitrogens with zero attached hydrogens (tertiary/aromatic N) is 1. The molecular weight excluding hydrogens is 373 g/mol. The molecule has 6 heteroatoms. The van der Waals surface area contributed by atoms with Crippen LogP contribution in [0.15, 0.2) is 77.7 Å². The summed E-state index contributed by atoms with van der Waals surface area (Å²) >= 11 is 6.12. The average molecular weight is 390 g/mol. The highest BCUT2D eigenvalue weighted by Gasteiger charge is 2.27. The van der Waals surface area contributed by atoms with Crippen molar-refractivity contribution in [1.29, 1.82) is 0 Å². The molecule has 0 radical (unpaired) electrons. The van der Waals surface area contributed by atoms with Crippen molar-refractivity contribution in [2.75, 3.05) is 4.31 Å². The Bertz CT molecular complexity index is 1000. The molecule has 0 saturated heterocycles. The van der Waals surface area contributed by atoms with Crippen LogP contribution in [-0.2, 0) is 16.6 Å². The predicted molar refractivity (Wildman–Crippen MR) is 102 cm³/mol. The summed E-state index contributed by atoms with van der Waals surface area (Å²) < 4.78 is 41.1. The van der Waals surface area contributed by atoms with Gasteiger partial charge in [0.1, 0.15) is 10.7 Å². The van der Waals surface area contributed by atoms with E-state index < -0.39 is 15.8 Å². The Morgan fingerprint density at radius 3 is 2.15 bits per heavy atom. The third-order valence-corrected chi connectivity index (χ3v) is 6.24. The van der Waals surface area contributed by atoms with Crippen LogP contribution >= 0.6 is 11.6 Å². The molecule has 3 nitrogen and oxygen atoms in total. The second-order valence-corrected chi connectivity index (χ2v) is 8.14. The lowest BCUT2D eigenvalue weighted by Gasteiger charge is -2.25. The maximum absolute atomic E-state index is 13.3. The van der Waals surface area contributed by atoms with Crippen LogP contribution in [-0.4, -0.2) is 8.42 Å². The van der Waals surface area contributed by atoms with E-state index >= 15 is 0 Å². The second-order valence-electron chi connectivity index (χ2n) is 5.90. The van der Waals surface area contributed by atoms with E-state index in [0.717, 1.165) is 11.1 Å². The highest BCUT2D eigenvalue weighted by Crippen LogP contribution is 2.30. The van der Waals surface area contributed by atoms with E-state index in [1.54, 1.807) is 12.1 Å². The van der Waals surface area contributed by atoms with Gasteiger partial charge in [0.05, 0.1) is 17.3 Å². The first kappa shape index (κ1) is 18.4. The second kappa shape index (κ2) is 7.48. The predicted octanol–water partition coefficient (Wildman–Crippen LogP) is 5.18. The quantitative estimate of drug-likeness (QED) is 0.602. The first-order valence-electron chi connectivity index (χ1n) is 7.96. The van der Waals surface area contributed by atoms with Crippen LogP contribution in [0.5, 0.6) is 0 Å². The summed E-state index contributed by atoms with van der Waals surface area (Å²) in [7, 11) is -3.93. The van der Waals surface area contributed by atoms with Crippen LogP contribution in [0.3, 0.4) is 0 Å². The van der Waals surface area contributed by atoms with Crippen molar-refractivity contribution < 1.29 is 12.8 Å². The van der Waals surface area contributed by atoms with Gasteiger partial charge in [0, 0.05) is 0 Å². The topological polar surface area (TPSA) is 37.4 Å². The maximum Gasteiger partial charge on any atom is 0.266 e. The smallest absolute Gasteiger partial charge is 0.262 e. The first-order chi connectivity index (χ1) is 12.4. The lowest BCUT2D eigenvalue weighted by atomic mass is 10.1. The molecule has 134 valence electrons. The summed E-state index contributed by atoms with van der Waals surface area (Å²) in [6, 6.07) is 19.2. The van der Waals surface area contributed by atoms with Crippen molar-refractivity contribution in [2.45, 2.75) is 18.4 Å². The number of aryl methyl sites for hydroxylation is 1. The molecule has 0 aliphatic carbocycles. The number of sulfonamides is 1. The van der Waals surface area contributed by atoms with Gasteiger partial charge < -0.3 is 0 Å². The largest absolute Gasteiger partial charge is 0.266 e. The number of benzene rings is 3. The van der Waals surface area contributed by atoms with Crippen molar-refractivity contribution >= 4 is 27.3 Å². The SMILES string of the molecule is Cc1ccc(CN(c2ccc(F)cc2)S(=O)(=O)c2ccccc2Cl)cc1. The van der Waals surface area contributed by atoms with Gasteiger partial charge in [-0.1, -0.05) is 53.6 Å². The fraction of sp³-hybridized carbons (Fsp3) is 0.100. The first-order valence-corrected chi connectivity index (χ1v) is 9.78. The van der Waals surface area contributed by atoms with Gasteiger partial charge in [-0.25, -0.2) is 12.8 Å². The van der Waals surface area contributed by atoms with E-state index in [-0.39, 0.29) is 16.5 Å². The molecule has 0 unspecified atom stereocenters. The summed E-state index contributed by atoms with van der Waals surface area (Å²) in [6.45, 7) is 2.07. The highest BCUT2D eigenvalue weighted by molar-refractivity contribution is 7.93. The van der Waals surface area contributed by atoms with Crippen molar-refractivity contribution in [1.82, 2.24) is 0 Å². The zero-order valence-corrected chi connectivity index (χ0v) is 15.6. The Labute approximate surface area is 157 Å². The summed E-state index contributed by atoms with van der Waals surface area (Å²) in [5.74, 6) is -0.431. The van der Waals surface area contributed by atoms with Crippen LogP contribution in [0, 0.1) is 12.7 Å². The molecule has 3 rings (SSSR count). The molecular formula is C20H17ClFNO2S. The van der Waals surface area contributed by atoms with Gasteiger partial charge in [0.25, 0.3) is 10.0 Å². The van der Waals surface area contributed by atoms with Gasteiger partial charge in [-0.3, -0.25) is 4.31 Å². The molecule has 0 spiro atoms. The minimum Gasteiger partial charge on any atom is -0.262 e. The zero-order valence-electron chi connectivity index (χ0n) is 14.1. The molecule has 0 aliphatic rings. The van der Waals surface area contributed by atoms with Crippen LogP contribution in [0.2, 0.25) is 5.02 Å². The molecule has 0 aromatic heterocycles. The number of hydrogen-bond donors (Lipinski definition) is 0. The highest BCUT2D eigenvalue weighted by atomic mass is 35.5. The van der Waals surface area contributed by atoms with E-state index in [0.29, 0.717) is 5.69 Å². The van der Waals surface area contributed by atoms with Crippen LogP contribution < -0.4 is 4.31 Å². The van der Waals surface area contributed by atoms with Crippen molar-refractivity contribution in [3.8, 4) is 0 Å². The Kier molecular flexibility index (Phi) is 5.30. The fourth-order valence-electron chi connectivity index (χ4n) is 2.55. The minimum absolute atomic E-state index is 0.0121. The van der Waals surface area contributed by atoms with E-state index in [1.807, 2.05) is 31.2 Å².